The molecule has 0 radical (unpaired) electrons. The monoisotopic (exact) mass is 219 g/mol. The molecule has 1 aromatic rings. The van der Waals surface area contributed by atoms with Crippen molar-refractivity contribution in [2.45, 2.75) is 6.54 Å². The van der Waals surface area contributed by atoms with E-state index in [9.17, 15) is 13.9 Å². The Balaban J connectivity index is 3.14. The minimum Gasteiger partial charge on any atom is -0.504 e. The Morgan fingerprint density at radius 1 is 1.33 bits per heavy atom. The van der Waals surface area contributed by atoms with Gasteiger partial charge in [0.15, 0.2) is 17.3 Å². The zero-order valence-electron chi connectivity index (χ0n) is 8.30. The number of rotatable bonds is 4. The van der Waals surface area contributed by atoms with Gasteiger partial charge in [0.25, 0.3) is 0 Å². The van der Waals surface area contributed by atoms with E-state index in [1.165, 1.54) is 14.2 Å². The van der Waals surface area contributed by atoms with Gasteiger partial charge in [-0.2, -0.15) is 5.48 Å². The summed E-state index contributed by atoms with van der Waals surface area (Å²) in [4.78, 5) is 4.50. The SMILES string of the molecule is CONCc1c(F)cc(F)c(OC)c1O. The maximum Gasteiger partial charge on any atom is 0.197 e. The standard InChI is InChI=1S/C9H11F2NO3/c1-14-9-7(11)3-6(10)5(8(9)13)4-12-15-2/h3,12-13H,4H2,1-2H3. The number of aromatic hydroxyl groups is 1. The molecule has 84 valence electrons. The van der Waals surface area contributed by atoms with Crippen LogP contribution in [0, 0.1) is 11.6 Å². The quantitative estimate of drug-likeness (QED) is 0.750. The molecule has 0 fully saturated rings. The first kappa shape index (κ1) is 11.7. The minimum atomic E-state index is -0.950. The number of methoxy groups -OCH3 is 1. The second-order valence-corrected chi connectivity index (χ2v) is 2.73. The fourth-order valence-electron chi connectivity index (χ4n) is 1.13. The summed E-state index contributed by atoms with van der Waals surface area (Å²) < 4.78 is 30.8. The number of nitrogens with one attached hydrogen (secondary N) is 1. The Morgan fingerprint density at radius 3 is 2.53 bits per heavy atom. The third-order valence-corrected chi connectivity index (χ3v) is 1.86. The normalized spacial score (nSPS) is 10.4. The molecule has 0 amide bonds. The number of hydrogen-bond donors (Lipinski definition) is 2. The molecule has 1 rings (SSSR count). The smallest absolute Gasteiger partial charge is 0.197 e. The Kier molecular flexibility index (Phi) is 3.81. The number of ether oxygens (including phenoxy) is 1. The Bertz CT molecular complexity index is 358. The molecule has 0 bridgehead atoms. The first-order valence-corrected chi connectivity index (χ1v) is 4.11. The van der Waals surface area contributed by atoms with Crippen molar-refractivity contribution >= 4 is 0 Å². The number of hydrogen-bond acceptors (Lipinski definition) is 4. The van der Waals surface area contributed by atoms with Crippen LogP contribution in [0.2, 0.25) is 0 Å². The van der Waals surface area contributed by atoms with Gasteiger partial charge in [-0.1, -0.05) is 0 Å². The summed E-state index contributed by atoms with van der Waals surface area (Å²) in [5.41, 5.74) is 2.22. The highest BCUT2D eigenvalue weighted by Gasteiger charge is 2.18. The molecule has 4 nitrogen and oxygen atoms in total. The van der Waals surface area contributed by atoms with E-state index in [0.717, 1.165) is 0 Å². The highest BCUT2D eigenvalue weighted by molar-refractivity contribution is 5.47. The number of phenols is 1. The average molecular weight is 219 g/mol. The van der Waals surface area contributed by atoms with Crippen LogP contribution in [0.25, 0.3) is 0 Å². The molecule has 0 saturated carbocycles. The molecule has 0 spiro atoms. The van der Waals surface area contributed by atoms with Crippen molar-refractivity contribution in [3.8, 4) is 11.5 Å². The first-order chi connectivity index (χ1) is 7.11. The fraction of sp³-hybridized carbons (Fsp3) is 0.333. The molecule has 0 aliphatic rings. The van der Waals surface area contributed by atoms with E-state index in [2.05, 4.69) is 15.1 Å². The van der Waals surface area contributed by atoms with Gasteiger partial charge in [0.05, 0.1) is 20.8 Å². The van der Waals surface area contributed by atoms with E-state index >= 15 is 0 Å². The molecule has 15 heavy (non-hydrogen) atoms. The lowest BCUT2D eigenvalue weighted by Crippen LogP contribution is -2.12. The van der Waals surface area contributed by atoms with Crippen molar-refractivity contribution < 1.29 is 23.5 Å². The van der Waals surface area contributed by atoms with Gasteiger partial charge in [0.2, 0.25) is 0 Å². The third kappa shape index (κ3) is 2.34. The maximum atomic E-state index is 13.2. The molecule has 0 aromatic heterocycles. The summed E-state index contributed by atoms with van der Waals surface area (Å²) in [6.07, 6.45) is 0. The first-order valence-electron chi connectivity index (χ1n) is 4.11. The topological polar surface area (TPSA) is 50.7 Å². The van der Waals surface area contributed by atoms with Gasteiger partial charge in [-0.15, -0.1) is 0 Å². The molecule has 0 heterocycles. The van der Waals surface area contributed by atoms with Crippen LogP contribution in [0.4, 0.5) is 8.78 Å². The summed E-state index contributed by atoms with van der Waals surface area (Å²) in [6, 6.07) is 0.644. The van der Waals surface area contributed by atoms with Gasteiger partial charge in [-0.3, -0.25) is 0 Å². The van der Waals surface area contributed by atoms with Crippen molar-refractivity contribution in [1.29, 1.82) is 0 Å². The van der Waals surface area contributed by atoms with Gasteiger partial charge in [0, 0.05) is 11.6 Å². The molecular weight excluding hydrogens is 208 g/mol. The van der Waals surface area contributed by atoms with Crippen molar-refractivity contribution in [2.75, 3.05) is 14.2 Å². The Morgan fingerprint density at radius 2 is 2.00 bits per heavy atom. The Labute approximate surface area is 85.4 Å². The van der Waals surface area contributed by atoms with Gasteiger partial charge < -0.3 is 14.7 Å². The van der Waals surface area contributed by atoms with Gasteiger partial charge in [-0.25, -0.2) is 8.78 Å². The lowest BCUT2D eigenvalue weighted by atomic mass is 10.1. The van der Waals surface area contributed by atoms with Crippen LogP contribution >= 0.6 is 0 Å². The summed E-state index contributed by atoms with van der Waals surface area (Å²) >= 11 is 0. The number of benzene rings is 1. The number of hydroxylamine groups is 1. The van der Waals surface area contributed by atoms with Crippen molar-refractivity contribution in [2.24, 2.45) is 0 Å². The van der Waals surface area contributed by atoms with Gasteiger partial charge in [-0.05, 0) is 0 Å². The van der Waals surface area contributed by atoms with Crippen LogP contribution in [-0.4, -0.2) is 19.3 Å². The lowest BCUT2D eigenvalue weighted by molar-refractivity contribution is 0.0851. The summed E-state index contributed by atoms with van der Waals surface area (Å²) in [5.74, 6) is -2.77. The highest BCUT2D eigenvalue weighted by Crippen LogP contribution is 2.34. The fourth-order valence-corrected chi connectivity index (χ4v) is 1.13. The summed E-state index contributed by atoms with van der Waals surface area (Å²) in [5, 5.41) is 9.48. The second kappa shape index (κ2) is 4.90. The summed E-state index contributed by atoms with van der Waals surface area (Å²) in [7, 11) is 2.53. The Hall–Kier alpha value is -1.40. The molecule has 1 aromatic carbocycles. The van der Waals surface area contributed by atoms with Gasteiger partial charge >= 0.3 is 0 Å². The van der Waals surface area contributed by atoms with Crippen LogP contribution in [-0.2, 0) is 11.4 Å². The maximum absolute atomic E-state index is 13.2. The van der Waals surface area contributed by atoms with Crippen LogP contribution in [0.1, 0.15) is 5.56 Å². The van der Waals surface area contributed by atoms with E-state index in [0.29, 0.717) is 6.07 Å². The van der Waals surface area contributed by atoms with E-state index in [1.807, 2.05) is 0 Å². The van der Waals surface area contributed by atoms with Crippen LogP contribution < -0.4 is 10.2 Å². The second-order valence-electron chi connectivity index (χ2n) is 2.73. The van der Waals surface area contributed by atoms with Crippen molar-refractivity contribution in [1.82, 2.24) is 5.48 Å². The molecule has 2 N–H and O–H groups in total. The predicted molar refractivity (Wildman–Crippen MR) is 48.4 cm³/mol. The van der Waals surface area contributed by atoms with Crippen molar-refractivity contribution in [3.63, 3.8) is 0 Å². The van der Waals surface area contributed by atoms with E-state index in [1.54, 1.807) is 0 Å². The molecule has 0 saturated heterocycles. The highest BCUT2D eigenvalue weighted by atomic mass is 19.1. The number of phenolic OH excluding ortho intramolecular Hbond substituents is 1. The van der Waals surface area contributed by atoms with Gasteiger partial charge in [0.1, 0.15) is 5.82 Å². The van der Waals surface area contributed by atoms with E-state index in [4.69, 9.17) is 0 Å². The zero-order valence-corrected chi connectivity index (χ0v) is 8.30. The van der Waals surface area contributed by atoms with Crippen molar-refractivity contribution in [3.05, 3.63) is 23.3 Å². The molecule has 0 aliphatic carbocycles. The third-order valence-electron chi connectivity index (χ3n) is 1.86. The molecular formula is C9H11F2NO3. The predicted octanol–water partition coefficient (Wildman–Crippen LogP) is 1.33. The summed E-state index contributed by atoms with van der Waals surface area (Å²) in [6.45, 7) is -0.0925. The molecule has 0 aliphatic heterocycles. The minimum absolute atomic E-state index is 0.0925. The van der Waals surface area contributed by atoms with Crippen LogP contribution in [0.3, 0.4) is 0 Å². The average Bonchev–Trinajstić information content (AvgIpc) is 2.17. The zero-order chi connectivity index (χ0) is 11.4. The van der Waals surface area contributed by atoms with Crippen LogP contribution in [0.5, 0.6) is 11.5 Å². The van der Waals surface area contributed by atoms with E-state index < -0.39 is 17.4 Å². The molecule has 0 unspecified atom stereocenters. The number of halogens is 2. The largest absolute Gasteiger partial charge is 0.504 e. The lowest BCUT2D eigenvalue weighted by Gasteiger charge is -2.10. The molecule has 0 atom stereocenters. The van der Waals surface area contributed by atoms with E-state index in [-0.39, 0.29) is 17.9 Å². The molecule has 6 heteroatoms. The van der Waals surface area contributed by atoms with Crippen LogP contribution in [0.15, 0.2) is 6.07 Å².